The van der Waals surface area contributed by atoms with Crippen LogP contribution in [0.1, 0.15) is 39.5 Å². The third-order valence-electron chi connectivity index (χ3n) is 6.32. The van der Waals surface area contributed by atoms with Crippen LogP contribution in [0.15, 0.2) is 0 Å². The summed E-state index contributed by atoms with van der Waals surface area (Å²) in [5, 5.41) is 3.49. The third-order valence-corrected chi connectivity index (χ3v) is 6.32. The fourth-order valence-electron chi connectivity index (χ4n) is 4.58. The van der Waals surface area contributed by atoms with Crippen molar-refractivity contribution < 1.29 is 4.79 Å². The van der Waals surface area contributed by atoms with Crippen LogP contribution in [0, 0.1) is 17.8 Å². The molecule has 1 N–H and O–H groups in total. The van der Waals surface area contributed by atoms with E-state index in [4.69, 9.17) is 0 Å². The minimum absolute atomic E-state index is 0.328. The van der Waals surface area contributed by atoms with Gasteiger partial charge in [-0.15, -0.1) is 0 Å². The molecular formula is C17H31N3O. The number of hydrogen-bond acceptors (Lipinski definition) is 3. The van der Waals surface area contributed by atoms with Crippen molar-refractivity contribution in [2.75, 3.05) is 33.2 Å². The highest BCUT2D eigenvalue weighted by atomic mass is 16.2. The fraction of sp³-hybridized carbons (Fsp3) is 0.941. The van der Waals surface area contributed by atoms with E-state index in [1.54, 1.807) is 0 Å². The number of hydrogen-bond donors (Lipinski definition) is 1. The number of carbonyl (C=O) groups is 1. The monoisotopic (exact) mass is 293 g/mol. The van der Waals surface area contributed by atoms with Crippen molar-refractivity contribution in [3.05, 3.63) is 0 Å². The molecule has 0 radical (unpaired) electrons. The molecule has 1 amide bonds. The molecule has 3 fully saturated rings. The molecule has 2 saturated heterocycles. The van der Waals surface area contributed by atoms with Gasteiger partial charge in [-0.05, 0) is 63.5 Å². The van der Waals surface area contributed by atoms with E-state index < -0.39 is 0 Å². The molecule has 2 heterocycles. The third kappa shape index (κ3) is 3.11. The SMILES string of the molecule is CC1CCC(N(C)C(=O)CN2CC3CNCC3C2C)CC1. The molecule has 0 aromatic heterocycles. The molecule has 3 rings (SSSR count). The lowest BCUT2D eigenvalue weighted by Gasteiger charge is -2.35. The van der Waals surface area contributed by atoms with Gasteiger partial charge in [0.25, 0.3) is 0 Å². The van der Waals surface area contributed by atoms with Crippen LogP contribution in [0.4, 0.5) is 0 Å². The number of likely N-dealkylation sites (N-methyl/N-ethyl adjacent to an activating group) is 1. The molecule has 21 heavy (non-hydrogen) atoms. The van der Waals surface area contributed by atoms with Crippen molar-refractivity contribution in [1.82, 2.24) is 15.1 Å². The fourth-order valence-corrected chi connectivity index (χ4v) is 4.58. The van der Waals surface area contributed by atoms with Crippen LogP contribution >= 0.6 is 0 Å². The Morgan fingerprint density at radius 1 is 1.19 bits per heavy atom. The van der Waals surface area contributed by atoms with Gasteiger partial charge in [-0.1, -0.05) is 6.92 Å². The first-order valence-electron chi connectivity index (χ1n) is 8.76. The van der Waals surface area contributed by atoms with E-state index in [2.05, 4.69) is 24.1 Å². The maximum Gasteiger partial charge on any atom is 0.236 e. The molecule has 1 saturated carbocycles. The van der Waals surface area contributed by atoms with Crippen molar-refractivity contribution in [1.29, 1.82) is 0 Å². The second-order valence-electron chi connectivity index (χ2n) is 7.67. The Labute approximate surface area is 129 Å². The largest absolute Gasteiger partial charge is 0.342 e. The van der Waals surface area contributed by atoms with Crippen LogP contribution in [0.5, 0.6) is 0 Å². The summed E-state index contributed by atoms with van der Waals surface area (Å²) in [7, 11) is 2.02. The molecule has 4 nitrogen and oxygen atoms in total. The van der Waals surface area contributed by atoms with E-state index in [1.807, 2.05) is 11.9 Å². The lowest BCUT2D eigenvalue weighted by Crippen LogP contribution is -2.46. The first kappa shape index (κ1) is 15.3. The number of rotatable bonds is 3. The molecule has 0 aromatic rings. The van der Waals surface area contributed by atoms with Gasteiger partial charge in [-0.3, -0.25) is 9.69 Å². The number of fused-ring (bicyclic) bond motifs is 1. The second kappa shape index (κ2) is 6.25. The van der Waals surface area contributed by atoms with Gasteiger partial charge < -0.3 is 10.2 Å². The molecule has 0 spiro atoms. The summed E-state index contributed by atoms with van der Waals surface area (Å²) in [5.74, 6) is 2.68. The van der Waals surface area contributed by atoms with E-state index in [-0.39, 0.29) is 0 Å². The standard InChI is InChI=1S/C17H31N3O/c1-12-4-6-15(7-5-12)19(3)17(21)11-20-10-14-8-18-9-16(14)13(20)2/h12-16,18H,4-11H2,1-3H3. The average Bonchev–Trinajstić information content (AvgIpc) is 3.03. The number of amides is 1. The Hall–Kier alpha value is -0.610. The van der Waals surface area contributed by atoms with Gasteiger partial charge in [0.2, 0.25) is 5.91 Å². The molecule has 2 aliphatic heterocycles. The Morgan fingerprint density at radius 2 is 1.90 bits per heavy atom. The predicted octanol–water partition coefficient (Wildman–Crippen LogP) is 1.56. The van der Waals surface area contributed by atoms with Gasteiger partial charge in [0.05, 0.1) is 6.54 Å². The summed E-state index contributed by atoms with van der Waals surface area (Å²) in [5.41, 5.74) is 0. The Bertz CT molecular complexity index is 378. The minimum atomic E-state index is 0.328. The lowest BCUT2D eigenvalue weighted by molar-refractivity contribution is -0.134. The first-order chi connectivity index (χ1) is 10.1. The van der Waals surface area contributed by atoms with Crippen molar-refractivity contribution in [2.45, 2.75) is 51.6 Å². The van der Waals surface area contributed by atoms with Crippen LogP contribution in [0.25, 0.3) is 0 Å². The molecule has 3 unspecified atom stereocenters. The summed E-state index contributed by atoms with van der Waals surface area (Å²) in [6.07, 6.45) is 4.93. The molecule has 0 aromatic carbocycles. The second-order valence-corrected chi connectivity index (χ2v) is 7.67. The van der Waals surface area contributed by atoms with Gasteiger partial charge in [-0.25, -0.2) is 0 Å². The van der Waals surface area contributed by atoms with E-state index >= 15 is 0 Å². The Kier molecular flexibility index (Phi) is 4.55. The smallest absolute Gasteiger partial charge is 0.236 e. The summed E-state index contributed by atoms with van der Waals surface area (Å²) in [6, 6.07) is 1.03. The van der Waals surface area contributed by atoms with E-state index in [1.165, 1.54) is 25.7 Å². The lowest BCUT2D eigenvalue weighted by atomic mass is 9.87. The molecule has 3 atom stereocenters. The van der Waals surface area contributed by atoms with Crippen LogP contribution in [0.2, 0.25) is 0 Å². The zero-order valence-corrected chi connectivity index (χ0v) is 13.8. The average molecular weight is 293 g/mol. The molecule has 4 heteroatoms. The number of nitrogens with one attached hydrogen (secondary N) is 1. The van der Waals surface area contributed by atoms with Crippen molar-refractivity contribution in [2.24, 2.45) is 17.8 Å². The summed E-state index contributed by atoms with van der Waals surface area (Å²) in [4.78, 5) is 17.1. The van der Waals surface area contributed by atoms with Gasteiger partial charge in [-0.2, -0.15) is 0 Å². The Morgan fingerprint density at radius 3 is 2.57 bits per heavy atom. The topological polar surface area (TPSA) is 35.6 Å². The molecule has 120 valence electrons. The Balaban J connectivity index is 1.52. The molecular weight excluding hydrogens is 262 g/mol. The minimum Gasteiger partial charge on any atom is -0.342 e. The summed E-state index contributed by atoms with van der Waals surface area (Å²) < 4.78 is 0. The van der Waals surface area contributed by atoms with Gasteiger partial charge >= 0.3 is 0 Å². The van der Waals surface area contributed by atoms with Crippen LogP contribution in [-0.2, 0) is 4.79 Å². The normalized spacial score (nSPS) is 40.2. The first-order valence-corrected chi connectivity index (χ1v) is 8.76. The molecule has 1 aliphatic carbocycles. The quantitative estimate of drug-likeness (QED) is 0.858. The highest BCUT2D eigenvalue weighted by Crippen LogP contribution is 2.32. The van der Waals surface area contributed by atoms with Crippen LogP contribution < -0.4 is 5.32 Å². The highest BCUT2D eigenvalue weighted by molar-refractivity contribution is 5.78. The van der Waals surface area contributed by atoms with Gasteiger partial charge in [0, 0.05) is 25.7 Å². The number of likely N-dealkylation sites (tertiary alicyclic amines) is 1. The maximum atomic E-state index is 12.6. The van der Waals surface area contributed by atoms with Gasteiger partial charge in [0.1, 0.15) is 0 Å². The van der Waals surface area contributed by atoms with Crippen LogP contribution in [0.3, 0.4) is 0 Å². The maximum absolute atomic E-state index is 12.6. The summed E-state index contributed by atoms with van der Waals surface area (Å²) >= 11 is 0. The highest BCUT2D eigenvalue weighted by Gasteiger charge is 2.42. The number of carbonyl (C=O) groups excluding carboxylic acids is 1. The van der Waals surface area contributed by atoms with E-state index in [9.17, 15) is 4.79 Å². The molecule has 0 bridgehead atoms. The zero-order chi connectivity index (χ0) is 15.0. The van der Waals surface area contributed by atoms with Gasteiger partial charge in [0.15, 0.2) is 0 Å². The molecule has 3 aliphatic rings. The van der Waals surface area contributed by atoms with E-state index in [0.717, 1.165) is 37.4 Å². The summed E-state index contributed by atoms with van der Waals surface area (Å²) in [6.45, 7) is 8.61. The van der Waals surface area contributed by atoms with Crippen molar-refractivity contribution >= 4 is 5.91 Å². The van der Waals surface area contributed by atoms with Crippen molar-refractivity contribution in [3.63, 3.8) is 0 Å². The van der Waals surface area contributed by atoms with Crippen molar-refractivity contribution in [3.8, 4) is 0 Å². The number of nitrogens with zero attached hydrogens (tertiary/aromatic N) is 2. The predicted molar refractivity (Wildman–Crippen MR) is 85.1 cm³/mol. The zero-order valence-electron chi connectivity index (χ0n) is 13.8. The van der Waals surface area contributed by atoms with E-state index in [0.29, 0.717) is 24.5 Å². The van der Waals surface area contributed by atoms with Crippen LogP contribution in [-0.4, -0.2) is 61.0 Å².